The highest BCUT2D eigenvalue weighted by atomic mass is 19.1. The molecule has 1 aromatic carbocycles. The molecule has 0 radical (unpaired) electrons. The molecule has 0 saturated carbocycles. The van der Waals surface area contributed by atoms with Gasteiger partial charge in [-0.25, -0.2) is 8.78 Å². The van der Waals surface area contributed by atoms with E-state index in [0.29, 0.717) is 5.56 Å². The van der Waals surface area contributed by atoms with Crippen molar-refractivity contribution in [2.24, 2.45) is 5.73 Å². The molecule has 1 aromatic rings. The van der Waals surface area contributed by atoms with E-state index >= 15 is 0 Å². The van der Waals surface area contributed by atoms with Crippen LogP contribution < -0.4 is 5.73 Å². The quantitative estimate of drug-likeness (QED) is 0.849. The first-order valence-corrected chi connectivity index (χ1v) is 6.62. The Kier molecular flexibility index (Phi) is 3.69. The van der Waals surface area contributed by atoms with Gasteiger partial charge in [0, 0.05) is 5.56 Å². The number of hydrogen-bond acceptors (Lipinski definition) is 3. The van der Waals surface area contributed by atoms with Crippen LogP contribution in [0.3, 0.4) is 0 Å². The minimum atomic E-state index is -1.02. The molecule has 3 nitrogen and oxygen atoms in total. The minimum absolute atomic E-state index is 0.191. The average Bonchev–Trinajstić information content (AvgIpc) is 2.54. The summed E-state index contributed by atoms with van der Waals surface area (Å²) in [4.78, 5) is 0. The molecule has 1 saturated heterocycles. The second kappa shape index (κ2) is 4.79. The Hall–Kier alpha value is -0.975. The van der Waals surface area contributed by atoms with E-state index in [2.05, 4.69) is 0 Å². The zero-order valence-corrected chi connectivity index (χ0v) is 12.5. The van der Waals surface area contributed by atoms with Crippen LogP contribution in [-0.2, 0) is 9.31 Å². The Morgan fingerprint density at radius 2 is 1.60 bits per heavy atom. The number of rotatable bonds is 2. The summed E-state index contributed by atoms with van der Waals surface area (Å²) < 4.78 is 39.5. The van der Waals surface area contributed by atoms with E-state index in [1.807, 2.05) is 27.7 Å². The Labute approximate surface area is 118 Å². The third-order valence-corrected chi connectivity index (χ3v) is 4.22. The molecule has 2 rings (SSSR count). The summed E-state index contributed by atoms with van der Waals surface area (Å²) in [5.74, 6) is -2.35. The maximum atomic E-state index is 14.1. The van der Waals surface area contributed by atoms with Crippen molar-refractivity contribution < 1.29 is 18.1 Å². The number of nitrogens with two attached hydrogens (primary N) is 1. The van der Waals surface area contributed by atoms with Gasteiger partial charge in [-0.3, -0.25) is 0 Å². The molecule has 1 heterocycles. The van der Waals surface area contributed by atoms with Crippen molar-refractivity contribution >= 4 is 7.12 Å². The summed E-state index contributed by atoms with van der Waals surface area (Å²) >= 11 is 0. The van der Waals surface area contributed by atoms with E-state index < -0.39 is 35.9 Å². The molecule has 6 heteroatoms. The lowest BCUT2D eigenvalue weighted by Gasteiger charge is -2.32. The van der Waals surface area contributed by atoms with E-state index in [4.69, 9.17) is 15.0 Å². The molecule has 0 aliphatic carbocycles. The summed E-state index contributed by atoms with van der Waals surface area (Å²) in [7, 11) is -0.884. The van der Waals surface area contributed by atoms with Crippen molar-refractivity contribution in [1.29, 1.82) is 0 Å². The molecule has 0 amide bonds. The van der Waals surface area contributed by atoms with Crippen LogP contribution in [0.4, 0.5) is 8.78 Å². The van der Waals surface area contributed by atoms with Crippen molar-refractivity contribution in [2.75, 3.05) is 0 Å². The number of benzene rings is 1. The van der Waals surface area contributed by atoms with Crippen molar-refractivity contribution in [1.82, 2.24) is 0 Å². The van der Waals surface area contributed by atoms with Crippen LogP contribution in [0.2, 0.25) is 0 Å². The molecule has 1 atom stereocenters. The predicted octanol–water partition coefficient (Wildman–Crippen LogP) is 2.90. The Morgan fingerprint density at radius 3 is 2.10 bits per heavy atom. The fourth-order valence-corrected chi connectivity index (χ4v) is 2.16. The molecule has 0 bridgehead atoms. The van der Waals surface area contributed by atoms with Gasteiger partial charge >= 0.3 is 7.12 Å². The van der Waals surface area contributed by atoms with Crippen LogP contribution in [0.15, 0.2) is 12.1 Å². The SMILES string of the molecule is Cc1ccc(F)c([C@H](N)B2OC(C)(C)C(C)(C)O2)c1F. The van der Waals surface area contributed by atoms with E-state index in [1.54, 1.807) is 6.92 Å². The van der Waals surface area contributed by atoms with Crippen molar-refractivity contribution in [2.45, 2.75) is 51.8 Å². The Morgan fingerprint density at radius 1 is 1.10 bits per heavy atom. The van der Waals surface area contributed by atoms with Gasteiger partial charge in [0.1, 0.15) is 11.6 Å². The first-order valence-electron chi connectivity index (χ1n) is 6.62. The van der Waals surface area contributed by atoms with E-state index in [9.17, 15) is 8.78 Å². The normalized spacial score (nSPS) is 22.1. The second-order valence-corrected chi connectivity index (χ2v) is 6.24. The van der Waals surface area contributed by atoms with Gasteiger partial charge in [0.25, 0.3) is 0 Å². The molecule has 0 spiro atoms. The van der Waals surface area contributed by atoms with Gasteiger partial charge in [-0.2, -0.15) is 0 Å². The van der Waals surface area contributed by atoms with E-state index in [1.165, 1.54) is 12.1 Å². The van der Waals surface area contributed by atoms with Gasteiger partial charge in [-0.1, -0.05) is 6.07 Å². The summed E-state index contributed by atoms with van der Waals surface area (Å²) in [6.45, 7) is 9.02. The maximum Gasteiger partial charge on any atom is 0.480 e. The van der Waals surface area contributed by atoms with Crippen LogP contribution in [0.5, 0.6) is 0 Å². The van der Waals surface area contributed by atoms with Gasteiger partial charge in [-0.15, -0.1) is 0 Å². The van der Waals surface area contributed by atoms with Crippen molar-refractivity contribution in [3.05, 3.63) is 34.9 Å². The zero-order chi connectivity index (χ0) is 15.3. The monoisotopic (exact) mass is 283 g/mol. The Bertz CT molecular complexity index is 518. The average molecular weight is 283 g/mol. The lowest BCUT2D eigenvalue weighted by molar-refractivity contribution is 0.00578. The van der Waals surface area contributed by atoms with Crippen molar-refractivity contribution in [3.63, 3.8) is 0 Å². The van der Waals surface area contributed by atoms with Crippen LogP contribution in [0.25, 0.3) is 0 Å². The third-order valence-electron chi connectivity index (χ3n) is 4.22. The highest BCUT2D eigenvalue weighted by Gasteiger charge is 2.54. The lowest BCUT2D eigenvalue weighted by atomic mass is 9.74. The lowest BCUT2D eigenvalue weighted by Crippen LogP contribution is -2.41. The molecule has 0 aromatic heterocycles. The van der Waals surface area contributed by atoms with Gasteiger partial charge in [0.2, 0.25) is 0 Å². The molecule has 2 N–H and O–H groups in total. The number of halogens is 2. The maximum absolute atomic E-state index is 14.1. The largest absolute Gasteiger partial charge is 0.480 e. The number of aryl methyl sites for hydroxylation is 1. The highest BCUT2D eigenvalue weighted by molar-refractivity contribution is 6.47. The van der Waals surface area contributed by atoms with Crippen molar-refractivity contribution in [3.8, 4) is 0 Å². The standard InChI is InChI=1S/C14H20BF2NO2/c1-8-6-7-9(16)10(11(8)17)12(18)15-19-13(2,3)14(4,5)20-15/h6-7,12H,18H2,1-5H3/t12-/m0/s1. The summed E-state index contributed by atoms with van der Waals surface area (Å²) in [6, 6.07) is 2.59. The van der Waals surface area contributed by atoms with Gasteiger partial charge < -0.3 is 15.0 Å². The highest BCUT2D eigenvalue weighted by Crippen LogP contribution is 2.40. The predicted molar refractivity (Wildman–Crippen MR) is 74.1 cm³/mol. The molecular weight excluding hydrogens is 263 g/mol. The molecule has 110 valence electrons. The molecule has 20 heavy (non-hydrogen) atoms. The molecule has 1 aliphatic rings. The first kappa shape index (κ1) is 15.4. The number of hydrogen-bond donors (Lipinski definition) is 1. The van der Waals surface area contributed by atoms with Gasteiger partial charge in [0.05, 0.1) is 17.1 Å². The fraction of sp³-hybridized carbons (Fsp3) is 0.571. The van der Waals surface area contributed by atoms with Gasteiger partial charge in [0.15, 0.2) is 0 Å². The van der Waals surface area contributed by atoms with Crippen LogP contribution in [0, 0.1) is 18.6 Å². The molecular formula is C14H20BF2NO2. The molecule has 1 fully saturated rings. The first-order chi connectivity index (χ1) is 9.07. The fourth-order valence-electron chi connectivity index (χ4n) is 2.16. The molecule has 0 unspecified atom stereocenters. The van der Waals surface area contributed by atoms with Gasteiger partial charge in [-0.05, 0) is 46.2 Å². The Balaban J connectivity index is 2.35. The van der Waals surface area contributed by atoms with E-state index in [-0.39, 0.29) is 5.56 Å². The minimum Gasteiger partial charge on any atom is -0.402 e. The van der Waals surface area contributed by atoms with Crippen LogP contribution in [-0.4, -0.2) is 18.3 Å². The zero-order valence-electron chi connectivity index (χ0n) is 12.5. The smallest absolute Gasteiger partial charge is 0.402 e. The topological polar surface area (TPSA) is 44.5 Å². The van der Waals surface area contributed by atoms with Crippen LogP contribution >= 0.6 is 0 Å². The van der Waals surface area contributed by atoms with Crippen LogP contribution in [0.1, 0.15) is 44.8 Å². The second-order valence-electron chi connectivity index (χ2n) is 6.24. The summed E-state index contributed by atoms with van der Waals surface area (Å²) in [6.07, 6.45) is 0. The summed E-state index contributed by atoms with van der Waals surface area (Å²) in [5, 5.41) is 0. The summed E-state index contributed by atoms with van der Waals surface area (Å²) in [5.41, 5.74) is 4.95. The van der Waals surface area contributed by atoms with E-state index in [0.717, 1.165) is 0 Å². The molecule has 1 aliphatic heterocycles. The third kappa shape index (κ3) is 2.36.